The summed E-state index contributed by atoms with van der Waals surface area (Å²) in [5.41, 5.74) is 1.16. The van der Waals surface area contributed by atoms with Gasteiger partial charge in [0, 0.05) is 34.4 Å². The monoisotopic (exact) mass is 474 g/mol. The summed E-state index contributed by atoms with van der Waals surface area (Å²) in [5.74, 6) is 7.22. The number of ketones is 2. The average Bonchev–Trinajstić information content (AvgIpc) is 3.37. The van der Waals surface area contributed by atoms with Crippen molar-refractivity contribution in [3.63, 3.8) is 0 Å². The van der Waals surface area contributed by atoms with Gasteiger partial charge in [0.05, 0.1) is 28.4 Å². The topological polar surface area (TPSA) is 89.5 Å². The number of benzene rings is 3. The molecule has 178 valence electrons. The molecule has 1 heterocycles. The largest absolute Gasteiger partial charge is 0.497 e. The van der Waals surface area contributed by atoms with Gasteiger partial charge in [-0.2, -0.15) is 0 Å². The van der Waals surface area contributed by atoms with E-state index in [1.54, 1.807) is 44.6 Å². The molecule has 0 saturated carbocycles. The van der Waals surface area contributed by atoms with Gasteiger partial charge >= 0.3 is 0 Å². The molecular weight excluding hydrogens is 452 g/mol. The second-order valence-electron chi connectivity index (χ2n) is 7.33. The molecule has 0 N–H and O–H groups in total. The zero-order valence-corrected chi connectivity index (χ0v) is 19.6. The Balaban J connectivity index is 1.75. The molecule has 0 bridgehead atoms. The van der Waals surface area contributed by atoms with Crippen molar-refractivity contribution in [2.45, 2.75) is 0 Å². The van der Waals surface area contributed by atoms with Crippen LogP contribution in [0.5, 0.6) is 34.5 Å². The molecule has 35 heavy (non-hydrogen) atoms. The maximum atomic E-state index is 13.3. The van der Waals surface area contributed by atoms with E-state index in [1.807, 2.05) is 0 Å². The molecule has 0 aliphatic carbocycles. The number of carbonyl (C=O) groups is 2. The van der Waals surface area contributed by atoms with Crippen LogP contribution < -0.4 is 28.4 Å². The Bertz CT molecular complexity index is 1340. The van der Waals surface area contributed by atoms with E-state index in [-0.39, 0.29) is 17.9 Å². The molecule has 4 rings (SSSR count). The van der Waals surface area contributed by atoms with E-state index in [0.29, 0.717) is 45.6 Å². The van der Waals surface area contributed by atoms with Crippen LogP contribution in [0.1, 0.15) is 31.8 Å². The summed E-state index contributed by atoms with van der Waals surface area (Å²) in [5, 5.41) is 0. The number of ether oxygens (including phenoxy) is 6. The summed E-state index contributed by atoms with van der Waals surface area (Å²) in [6, 6.07) is 12.8. The molecule has 1 aliphatic heterocycles. The Hall–Kier alpha value is -4.64. The molecule has 1 aliphatic rings. The number of rotatable bonds is 7. The van der Waals surface area contributed by atoms with Crippen LogP contribution in [-0.2, 0) is 0 Å². The summed E-state index contributed by atoms with van der Waals surface area (Å²) in [4.78, 5) is 26.4. The van der Waals surface area contributed by atoms with Crippen LogP contribution in [0, 0.1) is 11.8 Å². The van der Waals surface area contributed by atoms with E-state index in [2.05, 4.69) is 11.8 Å². The number of fused-ring (bicyclic) bond motifs is 1. The maximum absolute atomic E-state index is 13.3. The minimum absolute atomic E-state index is 0.0105. The molecule has 3 aromatic rings. The normalized spacial score (nSPS) is 11.2. The highest BCUT2D eigenvalue weighted by Crippen LogP contribution is 2.35. The minimum Gasteiger partial charge on any atom is -0.497 e. The van der Waals surface area contributed by atoms with Gasteiger partial charge in [-0.3, -0.25) is 9.59 Å². The van der Waals surface area contributed by atoms with Gasteiger partial charge in [-0.05, 0) is 36.4 Å². The Labute approximate surface area is 202 Å². The van der Waals surface area contributed by atoms with Crippen LogP contribution in [0.25, 0.3) is 0 Å². The molecular formula is C27H22O8. The van der Waals surface area contributed by atoms with Crippen LogP contribution in [0.4, 0.5) is 0 Å². The predicted molar refractivity (Wildman–Crippen MR) is 126 cm³/mol. The lowest BCUT2D eigenvalue weighted by Crippen LogP contribution is -2.16. The van der Waals surface area contributed by atoms with Crippen molar-refractivity contribution in [3.05, 3.63) is 70.8 Å². The van der Waals surface area contributed by atoms with Gasteiger partial charge in [0.25, 0.3) is 0 Å². The number of hydrogen-bond donors (Lipinski definition) is 0. The number of carbonyl (C=O) groups excluding carboxylic acids is 2. The number of Topliss-reactive ketones (excluding diaryl/α,β-unsaturated/α-hetero) is 2. The van der Waals surface area contributed by atoms with Gasteiger partial charge in [0.2, 0.25) is 18.4 Å². The summed E-state index contributed by atoms with van der Waals surface area (Å²) < 4.78 is 31.9. The van der Waals surface area contributed by atoms with E-state index in [4.69, 9.17) is 28.4 Å². The van der Waals surface area contributed by atoms with Gasteiger partial charge < -0.3 is 28.4 Å². The lowest BCUT2D eigenvalue weighted by molar-refractivity contribution is 0.0816. The SMILES string of the molecule is COc1cc(C#Cc2cc3c(cc2C(=O)C(=O)c2ccc(OC)c(OC)c2)OCO3)cc(OC)c1. The first-order valence-corrected chi connectivity index (χ1v) is 10.5. The molecule has 0 aromatic heterocycles. The molecule has 0 amide bonds. The van der Waals surface area contributed by atoms with Crippen LogP contribution in [0.2, 0.25) is 0 Å². The predicted octanol–water partition coefficient (Wildman–Crippen LogP) is 3.92. The fourth-order valence-electron chi connectivity index (χ4n) is 3.48. The van der Waals surface area contributed by atoms with Crippen molar-refractivity contribution in [2.24, 2.45) is 0 Å². The molecule has 8 nitrogen and oxygen atoms in total. The molecule has 8 heteroatoms. The smallest absolute Gasteiger partial charge is 0.234 e. The highest BCUT2D eigenvalue weighted by Gasteiger charge is 2.26. The van der Waals surface area contributed by atoms with Gasteiger partial charge in [-0.1, -0.05) is 11.8 Å². The van der Waals surface area contributed by atoms with Crippen molar-refractivity contribution in [3.8, 4) is 46.3 Å². The van der Waals surface area contributed by atoms with E-state index >= 15 is 0 Å². The third kappa shape index (κ3) is 4.84. The fourth-order valence-corrected chi connectivity index (χ4v) is 3.48. The molecule has 0 radical (unpaired) electrons. The third-order valence-corrected chi connectivity index (χ3v) is 5.30. The van der Waals surface area contributed by atoms with Crippen molar-refractivity contribution in [1.29, 1.82) is 0 Å². The third-order valence-electron chi connectivity index (χ3n) is 5.30. The van der Waals surface area contributed by atoms with Crippen LogP contribution in [0.15, 0.2) is 48.5 Å². The van der Waals surface area contributed by atoms with Crippen LogP contribution >= 0.6 is 0 Å². The highest BCUT2D eigenvalue weighted by molar-refractivity contribution is 6.49. The Morgan fingerprint density at radius 3 is 2.00 bits per heavy atom. The Morgan fingerprint density at radius 1 is 0.714 bits per heavy atom. The zero-order valence-electron chi connectivity index (χ0n) is 19.6. The van der Waals surface area contributed by atoms with Crippen LogP contribution in [0.3, 0.4) is 0 Å². The van der Waals surface area contributed by atoms with Gasteiger partial charge in [0.1, 0.15) is 11.5 Å². The van der Waals surface area contributed by atoms with Gasteiger partial charge in [-0.15, -0.1) is 0 Å². The molecule has 0 spiro atoms. The second kappa shape index (κ2) is 10.1. The Kier molecular flexibility index (Phi) is 6.78. The van der Waals surface area contributed by atoms with Crippen molar-refractivity contribution in [2.75, 3.05) is 35.2 Å². The highest BCUT2D eigenvalue weighted by atomic mass is 16.7. The van der Waals surface area contributed by atoms with Crippen molar-refractivity contribution >= 4 is 11.6 Å². The lowest BCUT2D eigenvalue weighted by atomic mass is 9.96. The summed E-state index contributed by atoms with van der Waals surface area (Å²) in [7, 11) is 6.02. The first-order valence-electron chi connectivity index (χ1n) is 10.5. The first-order chi connectivity index (χ1) is 17.0. The van der Waals surface area contributed by atoms with Crippen molar-refractivity contribution in [1.82, 2.24) is 0 Å². The van der Waals surface area contributed by atoms with E-state index in [0.717, 1.165) is 0 Å². The van der Waals surface area contributed by atoms with Gasteiger partial charge in [0.15, 0.2) is 23.0 Å². The summed E-state index contributed by atoms with van der Waals surface area (Å²) in [6.07, 6.45) is 0. The Morgan fingerprint density at radius 2 is 1.37 bits per heavy atom. The molecule has 0 atom stereocenters. The average molecular weight is 474 g/mol. The minimum atomic E-state index is -0.747. The molecule has 3 aromatic carbocycles. The zero-order chi connectivity index (χ0) is 24.9. The standard InChI is InChI=1S/C27H22O8/c1-30-19-9-16(10-20(13-19)31-2)5-6-17-11-24-25(35-15-34-24)14-21(17)27(29)26(28)18-7-8-22(32-3)23(12-18)33-4/h7-14H,15H2,1-4H3. The van der Waals surface area contributed by atoms with E-state index < -0.39 is 11.6 Å². The molecule has 0 saturated heterocycles. The van der Waals surface area contributed by atoms with Crippen molar-refractivity contribution < 1.29 is 38.0 Å². The number of methoxy groups -OCH3 is 4. The second-order valence-corrected chi connectivity index (χ2v) is 7.33. The first kappa shape index (κ1) is 23.5. The fraction of sp³-hybridized carbons (Fsp3) is 0.185. The summed E-state index contributed by atoms with van der Waals surface area (Å²) >= 11 is 0. The molecule has 0 unspecified atom stereocenters. The van der Waals surface area contributed by atoms with Crippen LogP contribution in [-0.4, -0.2) is 46.8 Å². The van der Waals surface area contributed by atoms with Gasteiger partial charge in [-0.25, -0.2) is 0 Å². The van der Waals surface area contributed by atoms with E-state index in [9.17, 15) is 9.59 Å². The summed E-state index contributed by atoms with van der Waals surface area (Å²) in [6.45, 7) is 0.0105. The lowest BCUT2D eigenvalue weighted by Gasteiger charge is -2.10. The quantitative estimate of drug-likeness (QED) is 0.289. The maximum Gasteiger partial charge on any atom is 0.234 e. The molecule has 0 fully saturated rings. The number of hydrogen-bond acceptors (Lipinski definition) is 8. The van der Waals surface area contributed by atoms with E-state index in [1.165, 1.54) is 32.4 Å².